The number of anilines is 1. The van der Waals surface area contributed by atoms with Gasteiger partial charge in [-0.25, -0.2) is 9.48 Å². The lowest BCUT2D eigenvalue weighted by atomic mass is 10.1. The van der Waals surface area contributed by atoms with Gasteiger partial charge >= 0.3 is 5.97 Å². The number of amides is 1. The average Bonchev–Trinajstić information content (AvgIpc) is 2.75. The van der Waals surface area contributed by atoms with E-state index in [9.17, 15) is 14.4 Å². The first-order chi connectivity index (χ1) is 14.5. The third-order valence-electron chi connectivity index (χ3n) is 4.39. The van der Waals surface area contributed by atoms with Gasteiger partial charge in [0, 0.05) is 29.6 Å². The van der Waals surface area contributed by atoms with E-state index in [0.717, 1.165) is 5.56 Å². The van der Waals surface area contributed by atoms with E-state index in [1.807, 2.05) is 12.1 Å². The molecule has 1 N–H and O–H groups in total. The summed E-state index contributed by atoms with van der Waals surface area (Å²) in [6.45, 7) is 0.284. The fraction of sp³-hybridized carbons (Fsp3) is 0.182. The minimum absolute atomic E-state index is 0.162. The first kappa shape index (κ1) is 21.3. The molecular weight excluding hydrogens is 406 g/mol. The molecule has 0 aliphatic rings. The van der Waals surface area contributed by atoms with Gasteiger partial charge in [0.25, 0.3) is 5.56 Å². The van der Waals surface area contributed by atoms with E-state index in [4.69, 9.17) is 16.3 Å². The van der Waals surface area contributed by atoms with Crippen molar-refractivity contribution in [3.8, 4) is 11.3 Å². The molecule has 0 atom stereocenters. The number of aromatic nitrogens is 2. The van der Waals surface area contributed by atoms with Crippen molar-refractivity contribution in [3.05, 3.63) is 81.6 Å². The van der Waals surface area contributed by atoms with Crippen LogP contribution >= 0.6 is 11.6 Å². The van der Waals surface area contributed by atoms with Crippen molar-refractivity contribution in [1.82, 2.24) is 9.78 Å². The SMILES string of the molecule is COC(=O)c1ccccc1NC(=O)CCCn1nc(-c2ccc(Cl)cc2)ccc1=O. The number of carbonyl (C=O) groups is 2. The number of esters is 1. The third-order valence-corrected chi connectivity index (χ3v) is 4.64. The molecule has 2 aromatic carbocycles. The highest BCUT2D eigenvalue weighted by Gasteiger charge is 2.13. The van der Waals surface area contributed by atoms with E-state index in [0.29, 0.717) is 22.8 Å². The molecule has 0 spiro atoms. The Hall–Kier alpha value is -3.45. The summed E-state index contributed by atoms with van der Waals surface area (Å²) in [5.41, 5.74) is 1.90. The summed E-state index contributed by atoms with van der Waals surface area (Å²) < 4.78 is 6.05. The number of nitrogens with one attached hydrogen (secondary N) is 1. The predicted molar refractivity (Wildman–Crippen MR) is 115 cm³/mol. The second kappa shape index (κ2) is 9.84. The smallest absolute Gasteiger partial charge is 0.339 e. The first-order valence-corrected chi connectivity index (χ1v) is 9.67. The molecule has 7 nitrogen and oxygen atoms in total. The highest BCUT2D eigenvalue weighted by atomic mass is 35.5. The topological polar surface area (TPSA) is 90.3 Å². The van der Waals surface area contributed by atoms with Crippen molar-refractivity contribution in [2.24, 2.45) is 0 Å². The maximum absolute atomic E-state index is 12.3. The zero-order chi connectivity index (χ0) is 21.5. The van der Waals surface area contributed by atoms with Crippen LogP contribution in [-0.2, 0) is 16.1 Å². The number of nitrogens with zero attached hydrogens (tertiary/aromatic N) is 2. The van der Waals surface area contributed by atoms with Gasteiger partial charge < -0.3 is 10.1 Å². The second-order valence-electron chi connectivity index (χ2n) is 6.48. The Labute approximate surface area is 178 Å². The zero-order valence-electron chi connectivity index (χ0n) is 16.3. The van der Waals surface area contributed by atoms with Crippen molar-refractivity contribution in [3.63, 3.8) is 0 Å². The molecule has 3 rings (SSSR count). The van der Waals surface area contributed by atoms with Crippen LogP contribution in [0.25, 0.3) is 11.3 Å². The highest BCUT2D eigenvalue weighted by Crippen LogP contribution is 2.19. The van der Waals surface area contributed by atoms with Crippen LogP contribution in [0.4, 0.5) is 5.69 Å². The van der Waals surface area contributed by atoms with Crippen molar-refractivity contribution in [1.29, 1.82) is 0 Å². The molecule has 1 amide bonds. The molecule has 0 aliphatic carbocycles. The fourth-order valence-electron chi connectivity index (χ4n) is 2.87. The number of para-hydroxylation sites is 1. The number of methoxy groups -OCH3 is 1. The van der Waals surface area contributed by atoms with E-state index in [1.54, 1.807) is 42.5 Å². The molecular formula is C22H20ClN3O4. The molecule has 154 valence electrons. The van der Waals surface area contributed by atoms with E-state index in [2.05, 4.69) is 10.4 Å². The van der Waals surface area contributed by atoms with Crippen molar-refractivity contribution in [2.75, 3.05) is 12.4 Å². The molecule has 0 radical (unpaired) electrons. The van der Waals surface area contributed by atoms with Crippen LogP contribution in [-0.4, -0.2) is 28.8 Å². The van der Waals surface area contributed by atoms with Crippen LogP contribution in [0.1, 0.15) is 23.2 Å². The molecule has 0 aliphatic heterocycles. The molecule has 1 heterocycles. The van der Waals surface area contributed by atoms with E-state index in [-0.39, 0.29) is 30.0 Å². The van der Waals surface area contributed by atoms with E-state index >= 15 is 0 Å². The van der Waals surface area contributed by atoms with E-state index < -0.39 is 5.97 Å². The van der Waals surface area contributed by atoms with E-state index in [1.165, 1.54) is 17.9 Å². The number of aryl methyl sites for hydroxylation is 1. The predicted octanol–water partition coefficient (Wildman–Crippen LogP) is 3.77. The monoisotopic (exact) mass is 425 g/mol. The number of carbonyl (C=O) groups excluding carboxylic acids is 2. The lowest BCUT2D eigenvalue weighted by molar-refractivity contribution is -0.116. The Bertz CT molecular complexity index is 1110. The number of hydrogen-bond donors (Lipinski definition) is 1. The van der Waals surface area contributed by atoms with Gasteiger partial charge in [0.15, 0.2) is 0 Å². The lowest BCUT2D eigenvalue weighted by Gasteiger charge is -2.10. The Morgan fingerprint density at radius 1 is 1.07 bits per heavy atom. The zero-order valence-corrected chi connectivity index (χ0v) is 17.1. The summed E-state index contributed by atoms with van der Waals surface area (Å²) in [5, 5.41) is 7.70. The fourth-order valence-corrected chi connectivity index (χ4v) is 2.99. The van der Waals surface area contributed by atoms with Crippen LogP contribution < -0.4 is 10.9 Å². The summed E-state index contributed by atoms with van der Waals surface area (Å²) in [5.74, 6) is -0.797. The van der Waals surface area contributed by atoms with Gasteiger partial charge in [-0.3, -0.25) is 9.59 Å². The van der Waals surface area contributed by atoms with Crippen molar-refractivity contribution in [2.45, 2.75) is 19.4 Å². The number of benzene rings is 2. The molecule has 30 heavy (non-hydrogen) atoms. The Kier molecular flexibility index (Phi) is 6.98. The molecule has 0 unspecified atom stereocenters. The molecule has 1 aromatic heterocycles. The minimum Gasteiger partial charge on any atom is -0.465 e. The lowest BCUT2D eigenvalue weighted by Crippen LogP contribution is -2.23. The summed E-state index contributed by atoms with van der Waals surface area (Å²) >= 11 is 5.91. The van der Waals surface area contributed by atoms with Gasteiger partial charge in [-0.15, -0.1) is 0 Å². The normalized spacial score (nSPS) is 10.5. The van der Waals surface area contributed by atoms with Crippen molar-refractivity contribution < 1.29 is 14.3 Å². The summed E-state index contributed by atoms with van der Waals surface area (Å²) in [7, 11) is 1.28. The Morgan fingerprint density at radius 3 is 2.53 bits per heavy atom. The summed E-state index contributed by atoms with van der Waals surface area (Å²) in [6, 6.07) is 16.9. The van der Waals surface area contributed by atoms with Gasteiger partial charge in [0.2, 0.25) is 5.91 Å². The Morgan fingerprint density at radius 2 is 1.80 bits per heavy atom. The Balaban J connectivity index is 1.62. The van der Waals surface area contributed by atoms with Crippen LogP contribution in [0.5, 0.6) is 0 Å². The molecule has 0 saturated carbocycles. The molecule has 0 saturated heterocycles. The van der Waals surface area contributed by atoms with Gasteiger partial charge in [-0.2, -0.15) is 5.10 Å². The summed E-state index contributed by atoms with van der Waals surface area (Å²) in [6.07, 6.45) is 0.567. The van der Waals surface area contributed by atoms with Crippen molar-refractivity contribution >= 4 is 29.2 Å². The molecule has 3 aromatic rings. The number of ether oxygens (including phenoxy) is 1. The minimum atomic E-state index is -0.527. The maximum atomic E-state index is 12.3. The quantitative estimate of drug-likeness (QED) is 0.582. The standard InChI is InChI=1S/C22H20ClN3O4/c1-30-22(29)17-5-2-3-6-19(17)24-20(27)7-4-14-26-21(28)13-12-18(25-26)15-8-10-16(23)11-9-15/h2-3,5-6,8-13H,4,7,14H2,1H3,(H,24,27). The first-order valence-electron chi connectivity index (χ1n) is 9.29. The summed E-state index contributed by atoms with van der Waals surface area (Å²) in [4.78, 5) is 36.2. The van der Waals surface area contributed by atoms with Crippen LogP contribution in [0.2, 0.25) is 5.02 Å². The van der Waals surface area contributed by atoms with Crippen LogP contribution in [0, 0.1) is 0 Å². The highest BCUT2D eigenvalue weighted by molar-refractivity contribution is 6.30. The molecule has 0 fully saturated rings. The number of hydrogen-bond acceptors (Lipinski definition) is 5. The average molecular weight is 426 g/mol. The van der Waals surface area contributed by atoms with Gasteiger partial charge in [0.1, 0.15) is 0 Å². The van der Waals surface area contributed by atoms with Gasteiger partial charge in [-0.05, 0) is 36.8 Å². The number of rotatable bonds is 7. The van der Waals surface area contributed by atoms with Gasteiger partial charge in [-0.1, -0.05) is 35.9 Å². The molecule has 0 bridgehead atoms. The maximum Gasteiger partial charge on any atom is 0.339 e. The van der Waals surface area contributed by atoms with Crippen LogP contribution in [0.3, 0.4) is 0 Å². The number of halogens is 1. The van der Waals surface area contributed by atoms with Gasteiger partial charge in [0.05, 0.1) is 24.1 Å². The molecule has 8 heteroatoms. The van der Waals surface area contributed by atoms with Crippen LogP contribution in [0.15, 0.2) is 65.5 Å². The second-order valence-corrected chi connectivity index (χ2v) is 6.91. The third kappa shape index (κ3) is 5.33. The largest absolute Gasteiger partial charge is 0.465 e.